The highest BCUT2D eigenvalue weighted by Gasteiger charge is 1.96. The van der Waals surface area contributed by atoms with Crippen LogP contribution in [0.1, 0.15) is 84.0 Å². The molecule has 0 spiro atoms. The molecule has 20 heavy (non-hydrogen) atoms. The summed E-state index contributed by atoms with van der Waals surface area (Å²) in [7, 11) is 0. The lowest BCUT2D eigenvalue weighted by molar-refractivity contribution is -0.137. The van der Waals surface area contributed by atoms with Gasteiger partial charge in [-0.1, -0.05) is 32.6 Å². The average molecular weight is 276 g/mol. The van der Waals surface area contributed by atoms with Crippen molar-refractivity contribution in [2.45, 2.75) is 84.0 Å². The highest BCUT2D eigenvalue weighted by Crippen LogP contribution is 2.08. The maximum Gasteiger partial charge on any atom is 0.303 e. The summed E-state index contributed by atoms with van der Waals surface area (Å²) in [6.45, 7) is 2.07. The number of hydrogen-bond acceptors (Lipinski definition) is 1. The molecule has 0 radical (unpaired) electrons. The van der Waals surface area contributed by atoms with Gasteiger partial charge in [0.05, 0.1) is 0 Å². The van der Waals surface area contributed by atoms with Crippen LogP contribution >= 0.6 is 0 Å². The van der Waals surface area contributed by atoms with Crippen LogP contribution in [0.2, 0.25) is 0 Å². The van der Waals surface area contributed by atoms with Crippen LogP contribution in [-0.4, -0.2) is 11.1 Å². The van der Waals surface area contributed by atoms with Crippen molar-refractivity contribution in [3.8, 4) is 23.7 Å². The van der Waals surface area contributed by atoms with Crippen LogP contribution in [0.25, 0.3) is 0 Å². The summed E-state index contributed by atoms with van der Waals surface area (Å²) in [5, 5.41) is 8.49. The molecule has 0 aromatic carbocycles. The fourth-order valence-electron chi connectivity index (χ4n) is 1.85. The van der Waals surface area contributed by atoms with E-state index in [2.05, 4.69) is 30.6 Å². The van der Waals surface area contributed by atoms with E-state index in [1.54, 1.807) is 0 Å². The molecule has 1 N–H and O–H groups in total. The molecule has 0 aliphatic rings. The van der Waals surface area contributed by atoms with Crippen LogP contribution in [0.5, 0.6) is 0 Å². The molecule has 0 aliphatic heterocycles. The van der Waals surface area contributed by atoms with Gasteiger partial charge in [-0.05, 0) is 19.3 Å². The SMILES string of the molecule is CCC#CCCCC#CCCCCCCCCC(=O)O. The van der Waals surface area contributed by atoms with Crippen LogP contribution in [0.15, 0.2) is 0 Å². The zero-order chi connectivity index (χ0) is 14.9. The molecule has 0 aromatic rings. The quantitative estimate of drug-likeness (QED) is 0.460. The van der Waals surface area contributed by atoms with E-state index in [1.807, 2.05) is 0 Å². The number of carboxylic acids is 1. The Balaban J connectivity index is 3.18. The molecule has 0 aromatic heterocycles. The van der Waals surface area contributed by atoms with E-state index in [-0.39, 0.29) is 0 Å². The molecule has 0 aliphatic carbocycles. The van der Waals surface area contributed by atoms with Crippen molar-refractivity contribution in [3.63, 3.8) is 0 Å². The Morgan fingerprint density at radius 3 is 1.85 bits per heavy atom. The van der Waals surface area contributed by atoms with E-state index < -0.39 is 5.97 Å². The topological polar surface area (TPSA) is 37.3 Å². The largest absolute Gasteiger partial charge is 0.481 e. The molecule has 0 heterocycles. The van der Waals surface area contributed by atoms with Crippen LogP contribution < -0.4 is 0 Å². The first-order valence-corrected chi connectivity index (χ1v) is 7.90. The Kier molecular flexibility index (Phi) is 14.5. The molecular weight excluding hydrogens is 248 g/mol. The van der Waals surface area contributed by atoms with Crippen molar-refractivity contribution < 1.29 is 9.90 Å². The number of carboxylic acid groups (broad SMARTS) is 1. The Morgan fingerprint density at radius 1 is 0.750 bits per heavy atom. The lowest BCUT2D eigenvalue weighted by atomic mass is 10.1. The second-order valence-corrected chi connectivity index (χ2v) is 4.93. The van der Waals surface area contributed by atoms with E-state index in [4.69, 9.17) is 5.11 Å². The molecule has 0 saturated carbocycles. The third-order valence-corrected chi connectivity index (χ3v) is 2.97. The molecule has 2 heteroatoms. The third-order valence-electron chi connectivity index (χ3n) is 2.97. The van der Waals surface area contributed by atoms with Crippen LogP contribution in [0.4, 0.5) is 0 Å². The minimum Gasteiger partial charge on any atom is -0.481 e. The van der Waals surface area contributed by atoms with Crippen LogP contribution in [0.3, 0.4) is 0 Å². The minimum atomic E-state index is -0.680. The summed E-state index contributed by atoms with van der Waals surface area (Å²) in [5.74, 6) is 11.9. The Morgan fingerprint density at radius 2 is 1.25 bits per heavy atom. The molecule has 112 valence electrons. The number of rotatable bonds is 10. The van der Waals surface area contributed by atoms with Crippen molar-refractivity contribution in [3.05, 3.63) is 0 Å². The molecule has 0 amide bonds. The Hall–Kier alpha value is -1.41. The molecule has 0 unspecified atom stereocenters. The van der Waals surface area contributed by atoms with Gasteiger partial charge in [0.1, 0.15) is 0 Å². The normalized spacial score (nSPS) is 9.25. The van der Waals surface area contributed by atoms with Gasteiger partial charge in [0.25, 0.3) is 0 Å². The summed E-state index contributed by atoms with van der Waals surface area (Å²) in [6, 6.07) is 0. The molecule has 2 nitrogen and oxygen atoms in total. The third kappa shape index (κ3) is 16.6. The van der Waals surface area contributed by atoms with Gasteiger partial charge < -0.3 is 5.11 Å². The van der Waals surface area contributed by atoms with Gasteiger partial charge in [-0.15, -0.1) is 23.7 Å². The number of aliphatic carboxylic acids is 1. The maximum absolute atomic E-state index is 10.3. The summed E-state index contributed by atoms with van der Waals surface area (Å²) in [5.41, 5.74) is 0. The van der Waals surface area contributed by atoms with Crippen molar-refractivity contribution in [1.29, 1.82) is 0 Å². The summed E-state index contributed by atoms with van der Waals surface area (Å²) >= 11 is 0. The summed E-state index contributed by atoms with van der Waals surface area (Å²) in [4.78, 5) is 10.3. The van der Waals surface area contributed by atoms with Gasteiger partial charge in [0.15, 0.2) is 0 Å². The molecule has 0 saturated heterocycles. The van der Waals surface area contributed by atoms with Crippen molar-refractivity contribution in [2.24, 2.45) is 0 Å². The molecule has 0 fully saturated rings. The first-order chi connectivity index (χ1) is 9.77. The second kappa shape index (κ2) is 15.6. The van der Waals surface area contributed by atoms with E-state index in [0.29, 0.717) is 6.42 Å². The van der Waals surface area contributed by atoms with E-state index in [0.717, 1.165) is 51.4 Å². The Labute approximate surface area is 124 Å². The van der Waals surface area contributed by atoms with Gasteiger partial charge in [-0.25, -0.2) is 0 Å². The smallest absolute Gasteiger partial charge is 0.303 e. The van der Waals surface area contributed by atoms with Crippen LogP contribution in [0, 0.1) is 23.7 Å². The van der Waals surface area contributed by atoms with Gasteiger partial charge in [-0.3, -0.25) is 4.79 Å². The lowest BCUT2D eigenvalue weighted by Crippen LogP contribution is -1.93. The standard InChI is InChI=1S/C18H28O2/c1-2-3-4-5-6-7-8-9-10-11-12-13-14-15-16-17-18(19)20/h2,5-7,10-17H2,1H3,(H,19,20). The predicted octanol–water partition coefficient (Wildman–Crippen LogP) is 4.78. The number of unbranched alkanes of at least 4 members (excludes halogenated alkanes) is 8. The minimum absolute atomic E-state index is 0.314. The molecule has 0 atom stereocenters. The fraction of sp³-hybridized carbons (Fsp3) is 0.722. The van der Waals surface area contributed by atoms with Gasteiger partial charge in [0.2, 0.25) is 0 Å². The van der Waals surface area contributed by atoms with E-state index in [9.17, 15) is 4.79 Å². The zero-order valence-electron chi connectivity index (χ0n) is 12.8. The predicted molar refractivity (Wildman–Crippen MR) is 84.3 cm³/mol. The highest BCUT2D eigenvalue weighted by atomic mass is 16.4. The molecular formula is C18H28O2. The van der Waals surface area contributed by atoms with Gasteiger partial charge >= 0.3 is 5.97 Å². The average Bonchev–Trinajstić information content (AvgIpc) is 2.43. The molecule has 0 bridgehead atoms. The fourth-order valence-corrected chi connectivity index (χ4v) is 1.85. The lowest BCUT2D eigenvalue weighted by Gasteiger charge is -1.98. The number of hydrogen-bond donors (Lipinski definition) is 1. The van der Waals surface area contributed by atoms with Gasteiger partial charge in [-0.2, -0.15) is 0 Å². The molecule has 0 rings (SSSR count). The van der Waals surface area contributed by atoms with Gasteiger partial charge in [0, 0.05) is 32.1 Å². The van der Waals surface area contributed by atoms with Crippen molar-refractivity contribution >= 4 is 5.97 Å². The van der Waals surface area contributed by atoms with Crippen molar-refractivity contribution in [1.82, 2.24) is 0 Å². The van der Waals surface area contributed by atoms with Crippen LogP contribution in [-0.2, 0) is 4.79 Å². The summed E-state index contributed by atoms with van der Waals surface area (Å²) in [6.07, 6.45) is 11.9. The zero-order valence-corrected chi connectivity index (χ0v) is 12.8. The first-order valence-electron chi connectivity index (χ1n) is 7.90. The Bertz CT molecular complexity index is 349. The van der Waals surface area contributed by atoms with E-state index >= 15 is 0 Å². The van der Waals surface area contributed by atoms with E-state index in [1.165, 1.54) is 19.3 Å². The van der Waals surface area contributed by atoms with Crippen molar-refractivity contribution in [2.75, 3.05) is 0 Å². The summed E-state index contributed by atoms with van der Waals surface area (Å²) < 4.78 is 0. The highest BCUT2D eigenvalue weighted by molar-refractivity contribution is 5.66. The first kappa shape index (κ1) is 18.6. The maximum atomic E-state index is 10.3. The monoisotopic (exact) mass is 276 g/mol. The number of carbonyl (C=O) groups is 1. The second-order valence-electron chi connectivity index (χ2n) is 4.93.